The van der Waals surface area contributed by atoms with E-state index in [2.05, 4.69) is 55.1 Å². The standard InChI is InChI=1S/C23H17Br2N3O3/c24-19-10-17(22(30)21(25)23(19)31)11-27-12-20(29)28(26)18-6-5-15-7-13-3-1-2-4-14(13)8-16(15)9-18/h1-11,30-31H,12,26H2. The minimum atomic E-state index is -0.409. The molecule has 0 aromatic heterocycles. The summed E-state index contributed by atoms with van der Waals surface area (Å²) in [4.78, 5) is 16.6. The van der Waals surface area contributed by atoms with Gasteiger partial charge >= 0.3 is 0 Å². The van der Waals surface area contributed by atoms with Gasteiger partial charge in [0.15, 0.2) is 0 Å². The molecule has 0 aliphatic carbocycles. The van der Waals surface area contributed by atoms with Crippen molar-refractivity contribution in [1.29, 1.82) is 0 Å². The first-order valence-corrected chi connectivity index (χ1v) is 10.8. The topological polar surface area (TPSA) is 99.2 Å². The summed E-state index contributed by atoms with van der Waals surface area (Å²) in [5.41, 5.74) is 0.895. The summed E-state index contributed by atoms with van der Waals surface area (Å²) >= 11 is 6.30. The number of phenolic OH excluding ortho intramolecular Hbond substituents is 2. The van der Waals surface area contributed by atoms with Gasteiger partial charge in [-0.05, 0) is 83.7 Å². The van der Waals surface area contributed by atoms with E-state index in [4.69, 9.17) is 5.84 Å². The number of hydrogen-bond acceptors (Lipinski definition) is 5. The summed E-state index contributed by atoms with van der Waals surface area (Å²) in [6, 6.07) is 19.3. The zero-order chi connectivity index (χ0) is 22.1. The summed E-state index contributed by atoms with van der Waals surface area (Å²) < 4.78 is 0.521. The maximum atomic E-state index is 12.5. The fourth-order valence-electron chi connectivity index (χ4n) is 3.23. The van der Waals surface area contributed by atoms with Crippen LogP contribution in [-0.2, 0) is 4.79 Å². The number of hydrazine groups is 1. The lowest BCUT2D eigenvalue weighted by molar-refractivity contribution is -0.117. The fourth-order valence-corrected chi connectivity index (χ4v) is 4.39. The lowest BCUT2D eigenvalue weighted by Gasteiger charge is -2.16. The number of fused-ring (bicyclic) bond motifs is 2. The first-order valence-electron chi connectivity index (χ1n) is 9.25. The fraction of sp³-hybridized carbons (Fsp3) is 0.0435. The molecule has 4 aromatic carbocycles. The molecule has 0 radical (unpaired) electrons. The Morgan fingerprint density at radius 2 is 1.58 bits per heavy atom. The number of hydrogen-bond donors (Lipinski definition) is 3. The second-order valence-electron chi connectivity index (χ2n) is 6.92. The van der Waals surface area contributed by atoms with E-state index < -0.39 is 5.91 Å². The number of phenols is 2. The molecular weight excluding hydrogens is 526 g/mol. The van der Waals surface area contributed by atoms with Crippen LogP contribution in [0.4, 0.5) is 5.69 Å². The molecule has 6 nitrogen and oxygen atoms in total. The van der Waals surface area contributed by atoms with Crippen LogP contribution in [0.1, 0.15) is 5.56 Å². The molecule has 0 aliphatic heterocycles. The minimum absolute atomic E-state index is 0.122. The van der Waals surface area contributed by atoms with Crippen LogP contribution in [0.2, 0.25) is 0 Å². The highest BCUT2D eigenvalue weighted by atomic mass is 79.9. The lowest BCUT2D eigenvalue weighted by Crippen LogP contribution is -2.39. The largest absolute Gasteiger partial charge is 0.506 e. The highest BCUT2D eigenvalue weighted by Crippen LogP contribution is 2.40. The number of anilines is 1. The molecule has 0 atom stereocenters. The molecule has 8 heteroatoms. The lowest BCUT2D eigenvalue weighted by atomic mass is 10.0. The van der Waals surface area contributed by atoms with E-state index in [1.807, 2.05) is 30.3 Å². The van der Waals surface area contributed by atoms with Crippen molar-refractivity contribution in [2.45, 2.75) is 0 Å². The van der Waals surface area contributed by atoms with Crippen LogP contribution in [0.5, 0.6) is 11.5 Å². The summed E-state index contributed by atoms with van der Waals surface area (Å²) in [6.07, 6.45) is 1.35. The number of carbonyl (C=O) groups excluding carboxylic acids is 1. The molecule has 0 spiro atoms. The van der Waals surface area contributed by atoms with Gasteiger partial charge in [0.25, 0.3) is 5.91 Å². The number of aliphatic imine (C=N–C) groups is 1. The van der Waals surface area contributed by atoms with Gasteiger partial charge in [-0.2, -0.15) is 0 Å². The van der Waals surface area contributed by atoms with E-state index >= 15 is 0 Å². The molecule has 4 aromatic rings. The molecule has 0 heterocycles. The Bertz CT molecular complexity index is 1360. The number of carbonyl (C=O) groups is 1. The number of nitrogens with zero attached hydrogens (tertiary/aromatic N) is 2. The zero-order valence-corrected chi connectivity index (χ0v) is 19.3. The number of amides is 1. The Morgan fingerprint density at radius 3 is 2.29 bits per heavy atom. The Labute approximate surface area is 194 Å². The first-order chi connectivity index (χ1) is 14.8. The molecular formula is C23H17Br2N3O3. The van der Waals surface area contributed by atoms with Crippen molar-refractivity contribution < 1.29 is 15.0 Å². The van der Waals surface area contributed by atoms with Crippen LogP contribution in [-0.4, -0.2) is 28.9 Å². The molecule has 0 unspecified atom stereocenters. The molecule has 156 valence electrons. The van der Waals surface area contributed by atoms with E-state index in [0.29, 0.717) is 15.7 Å². The van der Waals surface area contributed by atoms with Gasteiger partial charge in [0, 0.05) is 11.8 Å². The van der Waals surface area contributed by atoms with Crippen LogP contribution in [0.25, 0.3) is 21.5 Å². The van der Waals surface area contributed by atoms with Gasteiger partial charge in [-0.15, -0.1) is 0 Å². The molecule has 1 amide bonds. The number of halogens is 2. The molecule has 0 bridgehead atoms. The van der Waals surface area contributed by atoms with E-state index in [9.17, 15) is 15.0 Å². The second kappa shape index (κ2) is 8.66. The smallest absolute Gasteiger partial charge is 0.262 e. The van der Waals surface area contributed by atoms with Gasteiger partial charge in [0.2, 0.25) is 0 Å². The van der Waals surface area contributed by atoms with Crippen LogP contribution in [0.3, 0.4) is 0 Å². The van der Waals surface area contributed by atoms with Crippen LogP contribution < -0.4 is 10.9 Å². The Kier molecular flexibility index (Phi) is 5.95. The van der Waals surface area contributed by atoms with E-state index in [-0.39, 0.29) is 22.5 Å². The van der Waals surface area contributed by atoms with Crippen molar-refractivity contribution in [2.75, 3.05) is 11.6 Å². The monoisotopic (exact) mass is 541 g/mol. The maximum Gasteiger partial charge on any atom is 0.262 e. The third kappa shape index (κ3) is 4.27. The maximum absolute atomic E-state index is 12.5. The minimum Gasteiger partial charge on any atom is -0.506 e. The van der Waals surface area contributed by atoms with Crippen molar-refractivity contribution in [3.8, 4) is 11.5 Å². The van der Waals surface area contributed by atoms with Gasteiger partial charge in [-0.25, -0.2) is 10.9 Å². The molecule has 0 fully saturated rings. The highest BCUT2D eigenvalue weighted by Gasteiger charge is 2.14. The van der Waals surface area contributed by atoms with E-state index in [1.165, 1.54) is 12.3 Å². The number of rotatable bonds is 4. The summed E-state index contributed by atoms with van der Waals surface area (Å²) in [5, 5.41) is 25.2. The summed E-state index contributed by atoms with van der Waals surface area (Å²) in [5.74, 6) is 5.32. The highest BCUT2D eigenvalue weighted by molar-refractivity contribution is 9.11. The van der Waals surface area contributed by atoms with Crippen molar-refractivity contribution in [3.63, 3.8) is 0 Å². The Hall–Kier alpha value is -2.94. The summed E-state index contributed by atoms with van der Waals surface area (Å²) in [6.45, 7) is -0.207. The number of nitrogens with two attached hydrogens (primary N) is 1. The molecule has 31 heavy (non-hydrogen) atoms. The van der Waals surface area contributed by atoms with Crippen molar-refractivity contribution >= 4 is 71.2 Å². The van der Waals surface area contributed by atoms with Gasteiger partial charge in [-0.1, -0.05) is 30.3 Å². The van der Waals surface area contributed by atoms with Crippen LogP contribution >= 0.6 is 31.9 Å². The molecule has 0 saturated heterocycles. The molecule has 0 saturated carbocycles. The molecule has 4 N–H and O–H groups in total. The van der Waals surface area contributed by atoms with Gasteiger partial charge in [0.05, 0.1) is 10.2 Å². The SMILES string of the molecule is NN(C(=O)CN=Cc1cc(Br)c(O)c(Br)c1O)c1ccc2cc3ccccc3cc2c1. The molecule has 0 aliphatic rings. The van der Waals surface area contributed by atoms with E-state index in [1.54, 1.807) is 6.07 Å². The van der Waals surface area contributed by atoms with Gasteiger partial charge in [0.1, 0.15) is 22.5 Å². The third-order valence-electron chi connectivity index (χ3n) is 4.89. The normalized spacial score (nSPS) is 11.5. The van der Waals surface area contributed by atoms with Crippen LogP contribution in [0.15, 0.2) is 74.6 Å². The molecule has 4 rings (SSSR count). The van der Waals surface area contributed by atoms with E-state index in [0.717, 1.165) is 26.6 Å². The third-order valence-corrected chi connectivity index (χ3v) is 6.25. The van der Waals surface area contributed by atoms with Crippen molar-refractivity contribution in [3.05, 3.63) is 75.2 Å². The average Bonchev–Trinajstić information content (AvgIpc) is 2.78. The Morgan fingerprint density at radius 1 is 0.935 bits per heavy atom. The quantitative estimate of drug-likeness (QED) is 0.108. The predicted molar refractivity (Wildman–Crippen MR) is 131 cm³/mol. The average molecular weight is 543 g/mol. The van der Waals surface area contributed by atoms with Gasteiger partial charge < -0.3 is 10.2 Å². The second-order valence-corrected chi connectivity index (χ2v) is 8.57. The number of aromatic hydroxyl groups is 2. The first kappa shape index (κ1) is 21.3. The Balaban J connectivity index is 1.53. The number of benzene rings is 4. The summed E-state index contributed by atoms with van der Waals surface area (Å²) in [7, 11) is 0. The predicted octanol–water partition coefficient (Wildman–Crippen LogP) is 5.26. The van der Waals surface area contributed by atoms with Crippen LogP contribution in [0, 0.1) is 0 Å². The van der Waals surface area contributed by atoms with Crippen molar-refractivity contribution in [2.24, 2.45) is 10.8 Å². The zero-order valence-electron chi connectivity index (χ0n) is 16.1. The van der Waals surface area contributed by atoms with Crippen molar-refractivity contribution in [1.82, 2.24) is 0 Å². The van der Waals surface area contributed by atoms with Gasteiger partial charge in [-0.3, -0.25) is 9.79 Å².